The Bertz CT molecular complexity index is 1470. The summed E-state index contributed by atoms with van der Waals surface area (Å²) in [5, 5.41) is 0. The molecule has 1 fully saturated rings. The summed E-state index contributed by atoms with van der Waals surface area (Å²) in [5.74, 6) is -1.25. The Balaban J connectivity index is 1.31. The van der Waals surface area contributed by atoms with Crippen LogP contribution in [0.1, 0.15) is 46.0 Å². The number of carbonyl (C=O) groups is 1. The van der Waals surface area contributed by atoms with E-state index >= 15 is 8.78 Å². The number of amides is 1. The van der Waals surface area contributed by atoms with Crippen molar-refractivity contribution in [3.05, 3.63) is 65.4 Å². The van der Waals surface area contributed by atoms with Crippen molar-refractivity contribution < 1.29 is 27.4 Å². The Labute approximate surface area is 244 Å². The zero-order chi connectivity index (χ0) is 30.2. The molecule has 2 aromatic carbocycles. The summed E-state index contributed by atoms with van der Waals surface area (Å²) in [7, 11) is 0. The van der Waals surface area contributed by atoms with Crippen LogP contribution in [0, 0.1) is 17.5 Å². The first kappa shape index (κ1) is 29.5. The first-order valence-electron chi connectivity index (χ1n) is 14.2. The molecular formula is C31H36F3N5O3. The number of ether oxygens (including phenoxy) is 2. The Hall–Kier alpha value is -4.02. The number of rotatable bonds is 5. The second-order valence-corrected chi connectivity index (χ2v) is 11.8. The molecule has 3 aromatic rings. The molecule has 224 valence electrons. The second kappa shape index (κ2) is 11.7. The fourth-order valence-electron chi connectivity index (χ4n) is 5.22. The molecule has 0 spiro atoms. The zero-order valence-electron chi connectivity index (χ0n) is 24.6. The van der Waals surface area contributed by atoms with Gasteiger partial charge in [0.25, 0.3) is 0 Å². The number of anilines is 2. The standard InChI is InChI=1S/C31H36F3N5O3/c1-19(2)39-12-13-41-29-23(33)16-21(17-26(29)39)28-24(34)18-35-27(36-28)15-20-6-7-25(22(32)14-20)37-8-10-38(11-9-37)30(40)42-31(3,4)5/h6-7,14,16-19H,8-13,15H2,1-5H3. The SMILES string of the molecule is CC(C)N1CCOc2c(F)cc(-c3nc(Cc4ccc(N5CCN(C(=O)OC(C)(C)C)CC5)c(F)c4)ncc3F)cc21. The third-order valence-corrected chi connectivity index (χ3v) is 7.25. The van der Waals surface area contributed by atoms with E-state index in [0.29, 0.717) is 56.3 Å². The minimum Gasteiger partial charge on any atom is -0.486 e. The normalized spacial score (nSPS) is 15.5. The van der Waals surface area contributed by atoms with Crippen LogP contribution in [-0.2, 0) is 11.2 Å². The lowest BCUT2D eigenvalue weighted by molar-refractivity contribution is 0.0240. The lowest BCUT2D eigenvalue weighted by atomic mass is 10.1. The molecule has 42 heavy (non-hydrogen) atoms. The Morgan fingerprint density at radius 1 is 0.976 bits per heavy atom. The number of hydrogen-bond acceptors (Lipinski definition) is 7. The number of aromatic nitrogens is 2. The maximum absolute atomic E-state index is 15.2. The van der Waals surface area contributed by atoms with Crippen molar-refractivity contribution in [2.75, 3.05) is 49.1 Å². The number of piperazine rings is 1. The van der Waals surface area contributed by atoms with Gasteiger partial charge in [-0.1, -0.05) is 6.07 Å². The maximum Gasteiger partial charge on any atom is 0.410 e. The molecule has 1 aromatic heterocycles. The van der Waals surface area contributed by atoms with Crippen LogP contribution < -0.4 is 14.5 Å². The van der Waals surface area contributed by atoms with Crippen LogP contribution in [0.2, 0.25) is 0 Å². The molecule has 1 saturated heterocycles. The molecule has 0 N–H and O–H groups in total. The minimum atomic E-state index is -0.682. The summed E-state index contributed by atoms with van der Waals surface area (Å²) in [4.78, 5) is 26.4. The van der Waals surface area contributed by atoms with E-state index in [2.05, 4.69) is 9.97 Å². The van der Waals surface area contributed by atoms with Gasteiger partial charge in [-0.15, -0.1) is 0 Å². The molecule has 0 bridgehead atoms. The van der Waals surface area contributed by atoms with Crippen LogP contribution >= 0.6 is 0 Å². The molecule has 0 aliphatic carbocycles. The number of halogens is 3. The van der Waals surface area contributed by atoms with Gasteiger partial charge in [-0.25, -0.2) is 27.9 Å². The fourth-order valence-corrected chi connectivity index (χ4v) is 5.22. The Morgan fingerprint density at radius 2 is 1.71 bits per heavy atom. The molecule has 8 nitrogen and oxygen atoms in total. The Kier molecular flexibility index (Phi) is 8.21. The lowest BCUT2D eigenvalue weighted by Gasteiger charge is -2.36. The highest BCUT2D eigenvalue weighted by atomic mass is 19.1. The van der Waals surface area contributed by atoms with Crippen molar-refractivity contribution >= 4 is 17.5 Å². The van der Waals surface area contributed by atoms with E-state index in [9.17, 15) is 9.18 Å². The smallest absolute Gasteiger partial charge is 0.410 e. The zero-order valence-corrected chi connectivity index (χ0v) is 24.6. The molecule has 2 aliphatic rings. The molecule has 0 unspecified atom stereocenters. The summed E-state index contributed by atoms with van der Waals surface area (Å²) in [6, 6.07) is 7.88. The van der Waals surface area contributed by atoms with E-state index < -0.39 is 23.1 Å². The van der Waals surface area contributed by atoms with E-state index in [4.69, 9.17) is 9.47 Å². The van der Waals surface area contributed by atoms with E-state index in [0.717, 1.165) is 6.20 Å². The van der Waals surface area contributed by atoms with Crippen LogP contribution in [0.25, 0.3) is 11.3 Å². The molecular weight excluding hydrogens is 547 g/mol. The van der Waals surface area contributed by atoms with Gasteiger partial charge in [0, 0.05) is 44.2 Å². The third-order valence-electron chi connectivity index (χ3n) is 7.25. The van der Waals surface area contributed by atoms with Gasteiger partial charge >= 0.3 is 6.09 Å². The number of carbonyl (C=O) groups excluding carboxylic acids is 1. The van der Waals surface area contributed by atoms with Crippen LogP contribution in [-0.4, -0.2) is 71.9 Å². The van der Waals surface area contributed by atoms with Crippen LogP contribution in [0.4, 0.5) is 29.3 Å². The first-order valence-corrected chi connectivity index (χ1v) is 14.2. The average Bonchev–Trinajstić information content (AvgIpc) is 2.93. The highest BCUT2D eigenvalue weighted by Crippen LogP contribution is 2.39. The maximum atomic E-state index is 15.2. The highest BCUT2D eigenvalue weighted by molar-refractivity contribution is 5.72. The topological polar surface area (TPSA) is 71.0 Å². The molecule has 5 rings (SSSR count). The van der Waals surface area contributed by atoms with Crippen molar-refractivity contribution in [1.82, 2.24) is 14.9 Å². The van der Waals surface area contributed by atoms with E-state index in [1.807, 2.05) is 44.4 Å². The number of benzene rings is 2. The molecule has 0 atom stereocenters. The van der Waals surface area contributed by atoms with E-state index in [-0.39, 0.29) is 41.4 Å². The van der Waals surface area contributed by atoms with Crippen molar-refractivity contribution in [3.63, 3.8) is 0 Å². The summed E-state index contributed by atoms with van der Waals surface area (Å²) in [6.45, 7) is 12.2. The predicted molar refractivity (Wildman–Crippen MR) is 155 cm³/mol. The Morgan fingerprint density at radius 3 is 2.38 bits per heavy atom. The third kappa shape index (κ3) is 6.39. The van der Waals surface area contributed by atoms with Gasteiger partial charge in [-0.2, -0.15) is 0 Å². The van der Waals surface area contributed by atoms with Gasteiger partial charge < -0.3 is 24.2 Å². The van der Waals surface area contributed by atoms with Gasteiger partial charge in [-0.05, 0) is 64.4 Å². The van der Waals surface area contributed by atoms with Crippen molar-refractivity contribution in [1.29, 1.82) is 0 Å². The van der Waals surface area contributed by atoms with E-state index in [1.165, 1.54) is 12.1 Å². The first-order chi connectivity index (χ1) is 19.9. The lowest BCUT2D eigenvalue weighted by Crippen LogP contribution is -2.50. The summed E-state index contributed by atoms with van der Waals surface area (Å²) >= 11 is 0. The summed E-state index contributed by atoms with van der Waals surface area (Å²) in [6.07, 6.45) is 0.840. The van der Waals surface area contributed by atoms with Gasteiger partial charge in [0.15, 0.2) is 17.4 Å². The van der Waals surface area contributed by atoms with Gasteiger partial charge in [0.2, 0.25) is 0 Å². The fraction of sp³-hybridized carbons (Fsp3) is 0.452. The van der Waals surface area contributed by atoms with Gasteiger partial charge in [0.1, 0.15) is 29.5 Å². The van der Waals surface area contributed by atoms with Gasteiger partial charge in [0.05, 0.1) is 24.1 Å². The largest absolute Gasteiger partial charge is 0.486 e. The highest BCUT2D eigenvalue weighted by Gasteiger charge is 2.28. The quantitative estimate of drug-likeness (QED) is 0.375. The van der Waals surface area contributed by atoms with Gasteiger partial charge in [-0.3, -0.25) is 0 Å². The number of fused-ring (bicyclic) bond motifs is 1. The molecule has 11 heteroatoms. The number of hydrogen-bond donors (Lipinski definition) is 0. The van der Waals surface area contributed by atoms with Crippen molar-refractivity contribution in [2.24, 2.45) is 0 Å². The van der Waals surface area contributed by atoms with E-state index in [1.54, 1.807) is 23.1 Å². The molecule has 0 radical (unpaired) electrons. The molecule has 1 amide bonds. The summed E-state index contributed by atoms with van der Waals surface area (Å²) < 4.78 is 56.1. The molecule has 2 aliphatic heterocycles. The van der Waals surface area contributed by atoms with Crippen LogP contribution in [0.5, 0.6) is 5.75 Å². The second-order valence-electron chi connectivity index (χ2n) is 11.8. The average molecular weight is 584 g/mol. The van der Waals surface area contributed by atoms with Crippen molar-refractivity contribution in [3.8, 4) is 17.0 Å². The minimum absolute atomic E-state index is 0.0315. The molecule has 3 heterocycles. The predicted octanol–water partition coefficient (Wildman–Crippen LogP) is 5.82. The van der Waals surface area contributed by atoms with Crippen LogP contribution in [0.15, 0.2) is 36.5 Å². The molecule has 0 saturated carbocycles. The summed E-state index contributed by atoms with van der Waals surface area (Å²) in [5.41, 5.74) is 1.26. The van der Waals surface area contributed by atoms with Crippen molar-refractivity contribution in [2.45, 2.75) is 52.7 Å². The van der Waals surface area contributed by atoms with Crippen LogP contribution in [0.3, 0.4) is 0 Å². The number of nitrogens with zero attached hydrogens (tertiary/aromatic N) is 5. The monoisotopic (exact) mass is 583 g/mol.